The van der Waals surface area contributed by atoms with E-state index in [0.717, 1.165) is 0 Å². The number of rotatable bonds is 4. The number of aliphatic hydroxyl groups excluding tert-OH is 1. The Morgan fingerprint density at radius 2 is 1.71 bits per heavy atom. The van der Waals surface area contributed by atoms with E-state index in [9.17, 15) is 14.7 Å². The van der Waals surface area contributed by atoms with E-state index in [1.165, 1.54) is 12.1 Å². The summed E-state index contributed by atoms with van der Waals surface area (Å²) in [5.41, 5.74) is -1.16. The number of carbonyl (C=O) groups excluding carboxylic acids is 2. The molecule has 1 fully saturated rings. The number of halogens is 3. The highest BCUT2D eigenvalue weighted by molar-refractivity contribution is 6.48. The molecule has 1 saturated carbocycles. The third kappa shape index (κ3) is 4.24. The van der Waals surface area contributed by atoms with Crippen molar-refractivity contribution in [1.82, 2.24) is 0 Å². The predicted octanol–water partition coefficient (Wildman–Crippen LogP) is 5.24. The number of aliphatic hydroxyl groups is 1. The van der Waals surface area contributed by atoms with Crippen LogP contribution in [0.25, 0.3) is 5.76 Å². The number of ketones is 1. The molecule has 1 aromatic carbocycles. The third-order valence-corrected chi connectivity index (χ3v) is 4.62. The van der Waals surface area contributed by atoms with Crippen molar-refractivity contribution < 1.29 is 19.4 Å². The number of benzene rings is 1. The summed E-state index contributed by atoms with van der Waals surface area (Å²) in [5.74, 6) is -2.18. The maximum absolute atomic E-state index is 12.5. The predicted molar refractivity (Wildman–Crippen MR) is 94.6 cm³/mol. The molecule has 0 aromatic heterocycles. The minimum absolute atomic E-state index is 0.0322. The minimum Gasteiger partial charge on any atom is -0.506 e. The van der Waals surface area contributed by atoms with Gasteiger partial charge < -0.3 is 9.84 Å². The molecular formula is C17H17Cl3O4. The average Bonchev–Trinajstić information content (AvgIpc) is 3.27. The van der Waals surface area contributed by atoms with E-state index in [2.05, 4.69) is 0 Å². The Labute approximate surface area is 155 Å². The highest BCUT2D eigenvalue weighted by atomic mass is 35.5. The van der Waals surface area contributed by atoms with Gasteiger partial charge in [0.1, 0.15) is 16.9 Å². The van der Waals surface area contributed by atoms with E-state index in [4.69, 9.17) is 39.5 Å². The van der Waals surface area contributed by atoms with Crippen LogP contribution in [-0.2, 0) is 14.3 Å². The highest BCUT2D eigenvalue weighted by Crippen LogP contribution is 2.39. The van der Waals surface area contributed by atoms with Crippen molar-refractivity contribution in [2.75, 3.05) is 0 Å². The zero-order chi connectivity index (χ0) is 18.2. The Balaban J connectivity index is 2.56. The fourth-order valence-electron chi connectivity index (χ4n) is 2.04. The van der Waals surface area contributed by atoms with Gasteiger partial charge in [0.2, 0.25) is 0 Å². The number of hydrogen-bond donors (Lipinski definition) is 1. The summed E-state index contributed by atoms with van der Waals surface area (Å²) < 4.78 is 5.26. The summed E-state index contributed by atoms with van der Waals surface area (Å²) >= 11 is 17.9. The van der Waals surface area contributed by atoms with Crippen molar-refractivity contribution in [3.63, 3.8) is 0 Å². The van der Waals surface area contributed by atoms with Crippen LogP contribution in [0.15, 0.2) is 17.7 Å². The SMILES string of the molecule is CC(C)(C)OC(=O)/C(C(=O)C1CC1)=C(\O)c1ccc(Cl)c(Cl)c1Cl. The van der Waals surface area contributed by atoms with E-state index >= 15 is 0 Å². The minimum atomic E-state index is -0.890. The Morgan fingerprint density at radius 3 is 2.21 bits per heavy atom. The van der Waals surface area contributed by atoms with Gasteiger partial charge >= 0.3 is 5.97 Å². The van der Waals surface area contributed by atoms with Crippen LogP contribution in [0, 0.1) is 5.92 Å². The second-order valence-electron chi connectivity index (χ2n) is 6.59. The van der Waals surface area contributed by atoms with Crippen LogP contribution in [-0.4, -0.2) is 22.5 Å². The molecule has 0 bridgehead atoms. The topological polar surface area (TPSA) is 63.6 Å². The van der Waals surface area contributed by atoms with E-state index in [1.807, 2.05) is 0 Å². The molecule has 1 N–H and O–H groups in total. The average molecular weight is 392 g/mol. The third-order valence-electron chi connectivity index (χ3n) is 3.32. The lowest BCUT2D eigenvalue weighted by Crippen LogP contribution is -2.28. The molecular weight excluding hydrogens is 375 g/mol. The molecule has 0 unspecified atom stereocenters. The van der Waals surface area contributed by atoms with Gasteiger partial charge in [-0.1, -0.05) is 34.8 Å². The van der Waals surface area contributed by atoms with Crippen LogP contribution < -0.4 is 0 Å². The first-order valence-corrected chi connectivity index (χ1v) is 8.51. The number of Topliss-reactive ketones (excluding diaryl/α,β-unsaturated/α-hetero) is 1. The van der Waals surface area contributed by atoms with Gasteiger partial charge in [-0.05, 0) is 45.7 Å². The zero-order valence-corrected chi connectivity index (χ0v) is 15.7. The van der Waals surface area contributed by atoms with Gasteiger partial charge in [-0.2, -0.15) is 0 Å². The van der Waals surface area contributed by atoms with Crippen molar-refractivity contribution in [1.29, 1.82) is 0 Å². The number of ether oxygens (including phenoxy) is 1. The van der Waals surface area contributed by atoms with Crippen molar-refractivity contribution in [3.05, 3.63) is 38.3 Å². The van der Waals surface area contributed by atoms with E-state index < -0.39 is 28.7 Å². The summed E-state index contributed by atoms with van der Waals surface area (Å²) in [4.78, 5) is 24.9. The largest absolute Gasteiger partial charge is 0.506 e. The van der Waals surface area contributed by atoms with Gasteiger partial charge in [-0.25, -0.2) is 4.79 Å². The molecule has 0 atom stereocenters. The van der Waals surface area contributed by atoms with Crippen molar-refractivity contribution in [2.24, 2.45) is 5.92 Å². The van der Waals surface area contributed by atoms with Gasteiger partial charge in [0.25, 0.3) is 0 Å². The molecule has 7 heteroatoms. The van der Waals surface area contributed by atoms with Gasteiger partial charge in [0, 0.05) is 11.5 Å². The fourth-order valence-corrected chi connectivity index (χ4v) is 2.66. The molecule has 0 radical (unpaired) electrons. The van der Waals surface area contributed by atoms with Crippen molar-refractivity contribution in [2.45, 2.75) is 39.2 Å². The van der Waals surface area contributed by atoms with Crippen LogP contribution in [0.5, 0.6) is 0 Å². The number of esters is 1. The molecule has 0 aliphatic heterocycles. The lowest BCUT2D eigenvalue weighted by molar-refractivity contribution is -0.150. The molecule has 0 saturated heterocycles. The van der Waals surface area contributed by atoms with Gasteiger partial charge in [0.15, 0.2) is 5.78 Å². The molecule has 2 rings (SSSR count). The smallest absolute Gasteiger partial charge is 0.346 e. The van der Waals surface area contributed by atoms with Crippen LogP contribution in [0.3, 0.4) is 0 Å². The van der Waals surface area contributed by atoms with E-state index in [-0.39, 0.29) is 26.5 Å². The molecule has 130 valence electrons. The summed E-state index contributed by atoms with van der Waals surface area (Å²) in [6, 6.07) is 2.83. The number of carbonyl (C=O) groups is 2. The first-order chi connectivity index (χ1) is 11.0. The monoisotopic (exact) mass is 390 g/mol. The molecule has 0 spiro atoms. The summed E-state index contributed by atoms with van der Waals surface area (Å²) in [6.45, 7) is 5.02. The first-order valence-electron chi connectivity index (χ1n) is 7.37. The normalized spacial score (nSPS) is 15.8. The van der Waals surface area contributed by atoms with Gasteiger partial charge in [0.05, 0.1) is 15.1 Å². The van der Waals surface area contributed by atoms with Crippen molar-refractivity contribution in [3.8, 4) is 0 Å². The van der Waals surface area contributed by atoms with E-state index in [0.29, 0.717) is 12.8 Å². The highest BCUT2D eigenvalue weighted by Gasteiger charge is 2.39. The summed E-state index contributed by atoms with van der Waals surface area (Å²) in [5, 5.41) is 10.8. The van der Waals surface area contributed by atoms with Crippen LogP contribution in [0.1, 0.15) is 39.2 Å². The van der Waals surface area contributed by atoms with Crippen molar-refractivity contribution >= 4 is 52.3 Å². The Morgan fingerprint density at radius 1 is 1.12 bits per heavy atom. The van der Waals surface area contributed by atoms with E-state index in [1.54, 1.807) is 20.8 Å². The number of hydrogen-bond acceptors (Lipinski definition) is 4. The second kappa shape index (κ2) is 6.95. The van der Waals surface area contributed by atoms with Gasteiger partial charge in [-0.15, -0.1) is 0 Å². The zero-order valence-electron chi connectivity index (χ0n) is 13.5. The standard InChI is InChI=1S/C17H17Cl3O4/c1-17(2,3)24-16(23)11(14(21)8-4-5-8)15(22)9-6-7-10(18)13(20)12(9)19/h6-8,22H,4-5H2,1-3H3/b15-11-. The summed E-state index contributed by atoms with van der Waals surface area (Å²) in [6.07, 6.45) is 1.35. The molecule has 0 amide bonds. The molecule has 1 aliphatic rings. The molecule has 24 heavy (non-hydrogen) atoms. The second-order valence-corrected chi connectivity index (χ2v) is 7.75. The van der Waals surface area contributed by atoms with Gasteiger partial charge in [-0.3, -0.25) is 4.79 Å². The molecule has 4 nitrogen and oxygen atoms in total. The maximum Gasteiger partial charge on any atom is 0.346 e. The Bertz CT molecular complexity index is 728. The molecule has 0 heterocycles. The maximum atomic E-state index is 12.5. The first kappa shape index (κ1) is 19.1. The lowest BCUT2D eigenvalue weighted by Gasteiger charge is -2.21. The molecule has 1 aliphatic carbocycles. The Kier molecular flexibility index (Phi) is 5.53. The van der Waals surface area contributed by atoms with Crippen LogP contribution in [0.4, 0.5) is 0 Å². The summed E-state index contributed by atoms with van der Waals surface area (Å²) in [7, 11) is 0. The Hall–Kier alpha value is -1.23. The van der Waals surface area contributed by atoms with Crippen LogP contribution in [0.2, 0.25) is 15.1 Å². The lowest BCUT2D eigenvalue weighted by atomic mass is 10.0. The fraction of sp³-hybridized carbons (Fsp3) is 0.412. The quantitative estimate of drug-likeness (QED) is 0.190. The van der Waals surface area contributed by atoms with Crippen LogP contribution >= 0.6 is 34.8 Å². The molecule has 1 aromatic rings.